The largest absolute Gasteiger partial charge is 0.375 e. The van der Waals surface area contributed by atoms with Gasteiger partial charge in [-0.05, 0) is 44.5 Å². The lowest BCUT2D eigenvalue weighted by atomic mass is 9.75. The highest BCUT2D eigenvalue weighted by Gasteiger charge is 2.50. The lowest BCUT2D eigenvalue weighted by molar-refractivity contribution is -0.151. The van der Waals surface area contributed by atoms with Crippen molar-refractivity contribution >= 4 is 5.91 Å². The van der Waals surface area contributed by atoms with Gasteiger partial charge in [0.25, 0.3) is 0 Å². The van der Waals surface area contributed by atoms with Gasteiger partial charge in [0.2, 0.25) is 5.91 Å². The first-order valence-electron chi connectivity index (χ1n) is 8.65. The van der Waals surface area contributed by atoms with Gasteiger partial charge in [-0.2, -0.15) is 0 Å². The monoisotopic (exact) mass is 335 g/mol. The Kier molecular flexibility index (Phi) is 5.46. The molecule has 3 heterocycles. The molecule has 5 nitrogen and oxygen atoms in total. The molecular weight excluding hydrogens is 309 g/mol. The average Bonchev–Trinajstić information content (AvgIpc) is 2.55. The van der Waals surface area contributed by atoms with E-state index in [0.717, 1.165) is 44.8 Å². The second-order valence-corrected chi connectivity index (χ2v) is 7.03. The third kappa shape index (κ3) is 3.75. The molecule has 1 aromatic heterocycles. The van der Waals surface area contributed by atoms with Crippen molar-refractivity contribution in [3.63, 3.8) is 0 Å². The molecule has 2 aliphatic heterocycles. The molecule has 2 saturated heterocycles. The van der Waals surface area contributed by atoms with Crippen molar-refractivity contribution in [3.05, 3.63) is 30.1 Å². The molecule has 1 amide bonds. The standard InChI is InChI=1S/C18H26FN3O2/c1-21-9-6-15(11-24-12-16-4-2-3-8-20-16)10-18(21)13-22(14-18)17(23)5-7-19/h2-4,8,15H,5-7,9-14H2,1H3. The van der Waals surface area contributed by atoms with Crippen molar-refractivity contribution in [1.29, 1.82) is 0 Å². The molecule has 0 radical (unpaired) electrons. The predicted octanol–water partition coefficient (Wildman–Crippen LogP) is 1.88. The van der Waals surface area contributed by atoms with Crippen LogP contribution in [0.1, 0.15) is 25.0 Å². The van der Waals surface area contributed by atoms with Crippen LogP contribution in [0.2, 0.25) is 0 Å². The molecule has 6 heteroatoms. The third-order valence-electron chi connectivity index (χ3n) is 5.31. The fraction of sp³-hybridized carbons (Fsp3) is 0.667. The summed E-state index contributed by atoms with van der Waals surface area (Å²) in [6, 6.07) is 5.83. The number of pyridine rings is 1. The molecule has 132 valence electrons. The molecule has 1 unspecified atom stereocenters. The van der Waals surface area contributed by atoms with Gasteiger partial charge in [0.15, 0.2) is 0 Å². The molecular formula is C18H26FN3O2. The van der Waals surface area contributed by atoms with Crippen LogP contribution in [0.25, 0.3) is 0 Å². The van der Waals surface area contributed by atoms with Gasteiger partial charge in [-0.1, -0.05) is 6.07 Å². The van der Waals surface area contributed by atoms with Crippen LogP contribution in [0.15, 0.2) is 24.4 Å². The number of aromatic nitrogens is 1. The van der Waals surface area contributed by atoms with Crippen molar-refractivity contribution in [3.8, 4) is 0 Å². The number of carbonyl (C=O) groups is 1. The summed E-state index contributed by atoms with van der Waals surface area (Å²) in [4.78, 5) is 20.2. The summed E-state index contributed by atoms with van der Waals surface area (Å²) in [5.41, 5.74) is 1.01. The number of halogens is 1. The van der Waals surface area contributed by atoms with Gasteiger partial charge in [-0.3, -0.25) is 19.1 Å². The summed E-state index contributed by atoms with van der Waals surface area (Å²) in [5.74, 6) is 0.438. The first-order valence-corrected chi connectivity index (χ1v) is 8.65. The SMILES string of the molecule is CN1CCC(COCc2ccccn2)CC12CN(C(=O)CCF)C2. The van der Waals surface area contributed by atoms with E-state index < -0.39 is 6.67 Å². The molecule has 0 aliphatic carbocycles. The number of carbonyl (C=O) groups excluding carboxylic acids is 1. The zero-order valence-electron chi connectivity index (χ0n) is 14.3. The number of likely N-dealkylation sites (tertiary alicyclic amines) is 2. The lowest BCUT2D eigenvalue weighted by Gasteiger charge is -2.58. The number of amides is 1. The maximum absolute atomic E-state index is 12.3. The Labute approximate surface area is 142 Å². The van der Waals surface area contributed by atoms with Gasteiger partial charge in [0, 0.05) is 19.3 Å². The normalized spacial score (nSPS) is 23.2. The minimum Gasteiger partial charge on any atom is -0.375 e. The van der Waals surface area contributed by atoms with Crippen LogP contribution in [-0.2, 0) is 16.1 Å². The minimum atomic E-state index is -0.567. The van der Waals surface area contributed by atoms with Crippen LogP contribution in [0.5, 0.6) is 0 Å². The minimum absolute atomic E-state index is 0.0103. The predicted molar refractivity (Wildman–Crippen MR) is 89.2 cm³/mol. The number of ether oxygens (including phenoxy) is 1. The Morgan fingerprint density at radius 1 is 1.46 bits per heavy atom. The molecule has 0 aromatic carbocycles. The number of nitrogens with zero attached hydrogens (tertiary/aromatic N) is 3. The first kappa shape index (κ1) is 17.3. The number of rotatable bonds is 6. The van der Waals surface area contributed by atoms with Crippen LogP contribution in [-0.4, -0.2) is 66.2 Å². The molecule has 0 N–H and O–H groups in total. The third-order valence-corrected chi connectivity index (χ3v) is 5.31. The molecule has 1 aromatic rings. The smallest absolute Gasteiger partial charge is 0.225 e. The van der Waals surface area contributed by atoms with E-state index in [0.29, 0.717) is 12.5 Å². The van der Waals surface area contributed by atoms with Gasteiger partial charge >= 0.3 is 0 Å². The molecule has 0 saturated carbocycles. The summed E-state index contributed by atoms with van der Waals surface area (Å²) in [5, 5.41) is 0. The number of alkyl halides is 1. The van der Waals surface area contributed by atoms with Crippen molar-refractivity contribution in [2.45, 2.75) is 31.4 Å². The van der Waals surface area contributed by atoms with E-state index in [1.807, 2.05) is 18.2 Å². The number of piperidine rings is 1. The topological polar surface area (TPSA) is 45.7 Å². The lowest BCUT2D eigenvalue weighted by Crippen LogP contribution is -2.72. The fourth-order valence-corrected chi connectivity index (χ4v) is 3.81. The maximum atomic E-state index is 12.3. The van der Waals surface area contributed by atoms with Crippen molar-refractivity contribution in [2.24, 2.45) is 5.92 Å². The summed E-state index contributed by atoms with van der Waals surface area (Å²) in [7, 11) is 2.13. The molecule has 3 rings (SSSR count). The fourth-order valence-electron chi connectivity index (χ4n) is 3.81. The summed E-state index contributed by atoms with van der Waals surface area (Å²) in [6.45, 7) is 3.16. The van der Waals surface area contributed by atoms with Gasteiger partial charge in [-0.15, -0.1) is 0 Å². The van der Waals surface area contributed by atoms with Crippen molar-refractivity contribution < 1.29 is 13.9 Å². The Morgan fingerprint density at radius 2 is 2.29 bits per heavy atom. The summed E-state index contributed by atoms with van der Waals surface area (Å²) < 4.78 is 18.2. The molecule has 2 aliphatic rings. The Balaban J connectivity index is 1.47. The maximum Gasteiger partial charge on any atom is 0.225 e. The molecule has 2 fully saturated rings. The van der Waals surface area contributed by atoms with E-state index >= 15 is 0 Å². The van der Waals surface area contributed by atoms with Gasteiger partial charge in [0.05, 0.1) is 37.5 Å². The summed E-state index contributed by atoms with van der Waals surface area (Å²) >= 11 is 0. The Hall–Kier alpha value is -1.53. The van der Waals surface area contributed by atoms with E-state index in [1.54, 1.807) is 11.1 Å². The Bertz CT molecular complexity index is 548. The van der Waals surface area contributed by atoms with Crippen molar-refractivity contribution in [1.82, 2.24) is 14.8 Å². The molecule has 1 atom stereocenters. The van der Waals surface area contributed by atoms with Gasteiger partial charge in [-0.25, -0.2) is 0 Å². The second-order valence-electron chi connectivity index (χ2n) is 7.03. The van der Waals surface area contributed by atoms with E-state index in [9.17, 15) is 9.18 Å². The molecule has 0 bridgehead atoms. The quantitative estimate of drug-likeness (QED) is 0.796. The highest BCUT2D eigenvalue weighted by molar-refractivity contribution is 5.77. The number of likely N-dealkylation sites (N-methyl/N-ethyl adjacent to an activating group) is 1. The Morgan fingerprint density at radius 3 is 3.00 bits per heavy atom. The van der Waals surface area contributed by atoms with E-state index in [4.69, 9.17) is 4.74 Å². The highest BCUT2D eigenvalue weighted by Crippen LogP contribution is 2.38. The van der Waals surface area contributed by atoms with E-state index in [1.165, 1.54) is 0 Å². The van der Waals surface area contributed by atoms with Gasteiger partial charge < -0.3 is 9.64 Å². The summed E-state index contributed by atoms with van der Waals surface area (Å²) in [6.07, 6.45) is 3.93. The van der Waals surface area contributed by atoms with Crippen LogP contribution in [0, 0.1) is 5.92 Å². The zero-order valence-corrected chi connectivity index (χ0v) is 14.3. The second kappa shape index (κ2) is 7.57. The highest BCUT2D eigenvalue weighted by atomic mass is 19.1. The van der Waals surface area contributed by atoms with E-state index in [2.05, 4.69) is 16.9 Å². The molecule has 24 heavy (non-hydrogen) atoms. The van der Waals surface area contributed by atoms with Crippen LogP contribution in [0.4, 0.5) is 4.39 Å². The zero-order chi connectivity index (χ0) is 17.0. The number of hydrogen-bond acceptors (Lipinski definition) is 4. The van der Waals surface area contributed by atoms with Crippen molar-refractivity contribution in [2.75, 3.05) is 40.0 Å². The van der Waals surface area contributed by atoms with Crippen LogP contribution in [0.3, 0.4) is 0 Å². The van der Waals surface area contributed by atoms with Crippen LogP contribution >= 0.6 is 0 Å². The van der Waals surface area contributed by atoms with Gasteiger partial charge in [0.1, 0.15) is 0 Å². The first-order chi connectivity index (χ1) is 11.6. The number of hydrogen-bond donors (Lipinski definition) is 0. The average molecular weight is 335 g/mol. The van der Waals surface area contributed by atoms with Crippen LogP contribution < -0.4 is 0 Å². The molecule has 1 spiro atoms. The van der Waals surface area contributed by atoms with E-state index in [-0.39, 0.29) is 17.9 Å².